The van der Waals surface area contributed by atoms with Crippen LogP contribution in [0.15, 0.2) is 49.2 Å². The van der Waals surface area contributed by atoms with E-state index in [1.807, 2.05) is 6.07 Å². The molecule has 0 saturated heterocycles. The van der Waals surface area contributed by atoms with Crippen LogP contribution in [0.25, 0.3) is 5.82 Å². The SMILES string of the molecule is COc1cc(CCNC(=O)NCc2cccnc2-n2ccnc2)c([N+](=O)[O-])cc1OC. The van der Waals surface area contributed by atoms with Gasteiger partial charge in [0.05, 0.1) is 25.2 Å². The van der Waals surface area contributed by atoms with Crippen LogP contribution in [0, 0.1) is 10.1 Å². The number of nitro benzene ring substituents is 1. The highest BCUT2D eigenvalue weighted by molar-refractivity contribution is 5.74. The second-order valence-electron chi connectivity index (χ2n) is 6.41. The topological polar surface area (TPSA) is 133 Å². The third-order valence-electron chi connectivity index (χ3n) is 4.52. The summed E-state index contributed by atoms with van der Waals surface area (Å²) in [6, 6.07) is 6.10. The molecule has 0 radical (unpaired) electrons. The molecular formula is C20H22N6O5. The lowest BCUT2D eigenvalue weighted by atomic mass is 10.1. The Hall–Kier alpha value is -4.15. The summed E-state index contributed by atoms with van der Waals surface area (Å²) in [6.45, 7) is 0.452. The van der Waals surface area contributed by atoms with E-state index >= 15 is 0 Å². The van der Waals surface area contributed by atoms with Crippen LogP contribution in [0.2, 0.25) is 0 Å². The summed E-state index contributed by atoms with van der Waals surface area (Å²) in [4.78, 5) is 31.4. The second-order valence-corrected chi connectivity index (χ2v) is 6.41. The number of ether oxygens (including phenoxy) is 2. The fourth-order valence-electron chi connectivity index (χ4n) is 3.01. The van der Waals surface area contributed by atoms with Gasteiger partial charge in [-0.2, -0.15) is 0 Å². The van der Waals surface area contributed by atoms with E-state index in [4.69, 9.17) is 9.47 Å². The quantitative estimate of drug-likeness (QED) is 0.396. The molecule has 1 aromatic carbocycles. The first-order chi connectivity index (χ1) is 15.0. The number of aromatic nitrogens is 3. The van der Waals surface area contributed by atoms with Crippen LogP contribution in [-0.4, -0.2) is 46.3 Å². The number of hydrogen-bond acceptors (Lipinski definition) is 7. The van der Waals surface area contributed by atoms with Crippen LogP contribution in [0.5, 0.6) is 11.5 Å². The molecule has 3 rings (SSSR count). The third-order valence-corrected chi connectivity index (χ3v) is 4.52. The minimum atomic E-state index is -0.489. The zero-order valence-corrected chi connectivity index (χ0v) is 17.1. The van der Waals surface area contributed by atoms with E-state index < -0.39 is 11.0 Å². The molecule has 2 heterocycles. The summed E-state index contributed by atoms with van der Waals surface area (Å²) in [5.74, 6) is 1.33. The fraction of sp³-hybridized carbons (Fsp3) is 0.250. The Bertz CT molecular complexity index is 1050. The van der Waals surface area contributed by atoms with Crippen molar-refractivity contribution in [2.45, 2.75) is 13.0 Å². The van der Waals surface area contributed by atoms with Crippen molar-refractivity contribution in [1.29, 1.82) is 0 Å². The lowest BCUT2D eigenvalue weighted by Crippen LogP contribution is -2.36. The van der Waals surface area contributed by atoms with Gasteiger partial charge in [0.1, 0.15) is 12.1 Å². The fourth-order valence-corrected chi connectivity index (χ4v) is 3.01. The van der Waals surface area contributed by atoms with Crippen LogP contribution in [-0.2, 0) is 13.0 Å². The Morgan fingerprint density at radius 1 is 1.16 bits per heavy atom. The van der Waals surface area contributed by atoms with Crippen molar-refractivity contribution >= 4 is 11.7 Å². The molecule has 162 valence electrons. The van der Waals surface area contributed by atoms with Crippen molar-refractivity contribution in [3.05, 3.63) is 70.4 Å². The number of nitrogens with one attached hydrogen (secondary N) is 2. The molecule has 2 aromatic heterocycles. The first kappa shape index (κ1) is 21.6. The van der Waals surface area contributed by atoms with E-state index in [0.717, 1.165) is 5.56 Å². The highest BCUT2D eigenvalue weighted by atomic mass is 16.6. The monoisotopic (exact) mass is 426 g/mol. The zero-order chi connectivity index (χ0) is 22.2. The number of amides is 2. The van der Waals surface area contributed by atoms with E-state index in [2.05, 4.69) is 20.6 Å². The molecule has 0 aliphatic carbocycles. The van der Waals surface area contributed by atoms with Crippen LogP contribution in [0.4, 0.5) is 10.5 Å². The normalized spacial score (nSPS) is 10.4. The Kier molecular flexibility index (Phi) is 6.99. The number of nitrogens with zero attached hydrogens (tertiary/aromatic N) is 4. The summed E-state index contributed by atoms with van der Waals surface area (Å²) in [5.41, 5.74) is 1.14. The van der Waals surface area contributed by atoms with Crippen LogP contribution in [0.1, 0.15) is 11.1 Å². The molecule has 11 heteroatoms. The Balaban J connectivity index is 1.59. The van der Waals surface area contributed by atoms with Gasteiger partial charge >= 0.3 is 6.03 Å². The van der Waals surface area contributed by atoms with E-state index in [1.165, 1.54) is 20.3 Å². The first-order valence-corrected chi connectivity index (χ1v) is 9.36. The van der Waals surface area contributed by atoms with Crippen LogP contribution in [0.3, 0.4) is 0 Å². The standard InChI is InChI=1S/C20H22N6O5/c1-30-17-10-14(16(26(28)29)11-18(17)31-2)5-7-23-20(27)24-12-15-4-3-6-22-19(15)25-9-8-21-13-25/h3-4,6,8-11,13H,5,7,12H2,1-2H3,(H2,23,24,27). The number of benzene rings is 1. The zero-order valence-electron chi connectivity index (χ0n) is 17.1. The molecular weight excluding hydrogens is 404 g/mol. The van der Waals surface area contributed by atoms with E-state index in [1.54, 1.807) is 41.6 Å². The van der Waals surface area contributed by atoms with Crippen LogP contribution >= 0.6 is 0 Å². The van der Waals surface area contributed by atoms with Gasteiger partial charge in [-0.25, -0.2) is 14.8 Å². The first-order valence-electron chi connectivity index (χ1n) is 9.36. The van der Waals surface area contributed by atoms with Gasteiger partial charge < -0.3 is 20.1 Å². The summed E-state index contributed by atoms with van der Waals surface area (Å²) in [6.07, 6.45) is 6.95. The molecule has 2 N–H and O–H groups in total. The van der Waals surface area contributed by atoms with Crippen LogP contribution < -0.4 is 20.1 Å². The molecule has 0 spiro atoms. The number of imidazole rings is 1. The number of pyridine rings is 1. The molecule has 0 fully saturated rings. The molecule has 31 heavy (non-hydrogen) atoms. The number of rotatable bonds is 9. The van der Waals surface area contributed by atoms with E-state index in [9.17, 15) is 14.9 Å². The van der Waals surface area contributed by atoms with Gasteiger partial charge in [0.15, 0.2) is 11.5 Å². The number of carbonyl (C=O) groups excluding carboxylic acids is 1. The maximum absolute atomic E-state index is 12.2. The molecule has 0 unspecified atom stereocenters. The molecule has 0 atom stereocenters. The molecule has 0 aliphatic heterocycles. The summed E-state index contributed by atoms with van der Waals surface area (Å²) in [5, 5.41) is 16.8. The van der Waals surface area contributed by atoms with Crippen molar-refractivity contribution in [2.24, 2.45) is 0 Å². The number of nitro groups is 1. The average Bonchev–Trinajstić information content (AvgIpc) is 3.32. The highest BCUT2D eigenvalue weighted by Crippen LogP contribution is 2.34. The maximum Gasteiger partial charge on any atom is 0.315 e. The molecule has 0 aliphatic rings. The third kappa shape index (κ3) is 5.26. The van der Waals surface area contributed by atoms with E-state index in [-0.39, 0.29) is 30.9 Å². The lowest BCUT2D eigenvalue weighted by molar-refractivity contribution is -0.385. The van der Waals surface area contributed by atoms with Gasteiger partial charge in [-0.3, -0.25) is 14.7 Å². The summed E-state index contributed by atoms with van der Waals surface area (Å²) >= 11 is 0. The molecule has 0 saturated carbocycles. The summed E-state index contributed by atoms with van der Waals surface area (Å²) < 4.78 is 12.1. The van der Waals surface area contributed by atoms with Crippen molar-refractivity contribution in [2.75, 3.05) is 20.8 Å². The van der Waals surface area contributed by atoms with Crippen molar-refractivity contribution in [1.82, 2.24) is 25.2 Å². The molecule has 0 bridgehead atoms. The lowest BCUT2D eigenvalue weighted by Gasteiger charge is -2.12. The molecule has 3 aromatic rings. The Morgan fingerprint density at radius 3 is 2.61 bits per heavy atom. The number of urea groups is 1. The highest BCUT2D eigenvalue weighted by Gasteiger charge is 2.19. The van der Waals surface area contributed by atoms with Crippen molar-refractivity contribution in [3.63, 3.8) is 0 Å². The molecule has 2 amide bonds. The van der Waals surface area contributed by atoms with Gasteiger partial charge in [0, 0.05) is 42.8 Å². The van der Waals surface area contributed by atoms with Crippen molar-refractivity contribution in [3.8, 4) is 17.3 Å². The Labute approximate surface area is 178 Å². The smallest absolute Gasteiger partial charge is 0.315 e. The Morgan fingerprint density at radius 2 is 1.94 bits per heavy atom. The van der Waals surface area contributed by atoms with Crippen molar-refractivity contribution < 1.29 is 19.2 Å². The largest absolute Gasteiger partial charge is 0.493 e. The van der Waals surface area contributed by atoms with Gasteiger partial charge in [0.25, 0.3) is 5.69 Å². The minimum absolute atomic E-state index is 0.0970. The average molecular weight is 426 g/mol. The van der Waals surface area contributed by atoms with Gasteiger partial charge in [-0.05, 0) is 18.6 Å². The second kappa shape index (κ2) is 10.1. The van der Waals surface area contributed by atoms with E-state index in [0.29, 0.717) is 17.1 Å². The number of carbonyl (C=O) groups is 1. The molecule has 11 nitrogen and oxygen atoms in total. The number of methoxy groups -OCH3 is 2. The predicted molar refractivity (Wildman–Crippen MR) is 112 cm³/mol. The number of hydrogen-bond donors (Lipinski definition) is 2. The predicted octanol–water partition coefficient (Wildman–Crippen LogP) is 2.23. The van der Waals surface area contributed by atoms with Gasteiger partial charge in [-0.1, -0.05) is 6.07 Å². The summed E-state index contributed by atoms with van der Waals surface area (Å²) in [7, 11) is 2.86. The maximum atomic E-state index is 12.2. The minimum Gasteiger partial charge on any atom is -0.493 e. The van der Waals surface area contributed by atoms with Gasteiger partial charge in [0.2, 0.25) is 0 Å². The van der Waals surface area contributed by atoms with Gasteiger partial charge in [-0.15, -0.1) is 0 Å².